The van der Waals surface area contributed by atoms with Crippen LogP contribution in [-0.4, -0.2) is 42.8 Å². The van der Waals surface area contributed by atoms with E-state index >= 15 is 0 Å². The molecule has 0 radical (unpaired) electrons. The molecule has 0 aliphatic heterocycles. The Hall–Kier alpha value is -3.93. The van der Waals surface area contributed by atoms with Gasteiger partial charge in [0.2, 0.25) is 0 Å². The van der Waals surface area contributed by atoms with Crippen molar-refractivity contribution in [3.63, 3.8) is 0 Å². The zero-order chi connectivity index (χ0) is 24.7. The van der Waals surface area contributed by atoms with Crippen LogP contribution in [0.5, 0.6) is 11.5 Å². The highest BCUT2D eigenvalue weighted by Gasteiger charge is 2.15. The van der Waals surface area contributed by atoms with Crippen LogP contribution in [0.1, 0.15) is 30.0 Å². The Morgan fingerprint density at radius 3 is 2.62 bits per heavy atom. The Bertz CT molecular complexity index is 1250. The van der Waals surface area contributed by atoms with Crippen LogP contribution in [0.25, 0.3) is 11.0 Å². The monoisotopic (exact) mass is 533 g/mol. The van der Waals surface area contributed by atoms with E-state index in [0.717, 1.165) is 0 Å². The molecule has 1 heterocycles. The summed E-state index contributed by atoms with van der Waals surface area (Å²) in [6.45, 7) is 3.83. The van der Waals surface area contributed by atoms with Gasteiger partial charge in [0, 0.05) is 27.6 Å². The fourth-order valence-corrected chi connectivity index (χ4v) is 3.27. The van der Waals surface area contributed by atoms with E-state index in [-0.39, 0.29) is 24.7 Å². The number of halogens is 1. The van der Waals surface area contributed by atoms with E-state index in [2.05, 4.69) is 26.5 Å². The van der Waals surface area contributed by atoms with E-state index in [0.29, 0.717) is 39.1 Å². The average Bonchev–Trinajstić information content (AvgIpc) is 3.23. The number of non-ortho nitro benzene ring substituents is 1. The number of nitrogens with zero attached hydrogens (tertiary/aromatic N) is 2. The quantitative estimate of drug-likeness (QED) is 0.176. The Labute approximate surface area is 201 Å². The molecule has 11 nitrogen and oxygen atoms in total. The molecule has 3 rings (SSSR count). The van der Waals surface area contributed by atoms with Crippen molar-refractivity contribution in [2.45, 2.75) is 13.8 Å². The molecule has 0 saturated carbocycles. The number of carbonyl (C=O) groups excluding carboxylic acids is 2. The molecule has 3 aromatic rings. The third-order valence-electron chi connectivity index (χ3n) is 4.32. The Morgan fingerprint density at radius 1 is 1.15 bits per heavy atom. The summed E-state index contributed by atoms with van der Waals surface area (Å²) in [5.74, 6) is -0.481. The summed E-state index contributed by atoms with van der Waals surface area (Å²) in [7, 11) is 0. The minimum atomic E-state index is -0.634. The predicted octanol–water partition coefficient (Wildman–Crippen LogP) is 4.21. The number of ether oxygens (including phenoxy) is 3. The summed E-state index contributed by atoms with van der Waals surface area (Å²) in [4.78, 5) is 34.3. The number of nitro groups is 1. The number of fused-ring (bicyclic) bond motifs is 1. The van der Waals surface area contributed by atoms with Gasteiger partial charge in [-0.15, -0.1) is 0 Å². The number of esters is 1. The molecule has 1 N–H and O–H groups in total. The second-order valence-corrected chi connectivity index (χ2v) is 7.49. The van der Waals surface area contributed by atoms with Gasteiger partial charge in [-0.1, -0.05) is 0 Å². The van der Waals surface area contributed by atoms with Gasteiger partial charge < -0.3 is 18.6 Å². The summed E-state index contributed by atoms with van der Waals surface area (Å²) in [6, 6.07) is 8.66. The maximum atomic E-state index is 12.4. The Balaban J connectivity index is 1.72. The summed E-state index contributed by atoms with van der Waals surface area (Å²) in [6.07, 6.45) is 1.38. The number of hydrazone groups is 1. The third-order valence-corrected chi connectivity index (χ3v) is 5.00. The van der Waals surface area contributed by atoms with Crippen molar-refractivity contribution in [3.8, 4) is 11.5 Å². The number of hydrogen-bond donors (Lipinski definition) is 1. The fourth-order valence-electron chi connectivity index (χ4n) is 2.84. The minimum Gasteiger partial charge on any atom is -0.490 e. The van der Waals surface area contributed by atoms with Gasteiger partial charge in [-0.05, 0) is 54.0 Å². The zero-order valence-electron chi connectivity index (χ0n) is 18.2. The number of nitro benzene ring substituents is 1. The molecule has 0 bridgehead atoms. The molecule has 0 unspecified atom stereocenters. The maximum absolute atomic E-state index is 12.4. The lowest BCUT2D eigenvalue weighted by Crippen LogP contribution is -2.17. The van der Waals surface area contributed by atoms with E-state index < -0.39 is 16.8 Å². The van der Waals surface area contributed by atoms with Crippen LogP contribution >= 0.6 is 15.9 Å². The SMILES string of the molecule is CCOC(=O)COc1cc(Br)c(/C=N/NC(=O)c2cc3cc([N+](=O)[O-])ccc3o2)cc1OCC. The number of carbonyl (C=O) groups is 2. The molecule has 12 heteroatoms. The number of nitrogens with one attached hydrogen (secondary N) is 1. The molecule has 0 spiro atoms. The second kappa shape index (κ2) is 11.3. The van der Waals surface area contributed by atoms with E-state index in [1.165, 1.54) is 30.5 Å². The smallest absolute Gasteiger partial charge is 0.344 e. The first kappa shape index (κ1) is 24.7. The van der Waals surface area contributed by atoms with Crippen LogP contribution in [0.4, 0.5) is 5.69 Å². The molecular formula is C22H20BrN3O8. The largest absolute Gasteiger partial charge is 0.490 e. The minimum absolute atomic E-state index is 0.0515. The van der Waals surface area contributed by atoms with Gasteiger partial charge in [0.15, 0.2) is 23.9 Å². The van der Waals surface area contributed by atoms with Gasteiger partial charge in [-0.3, -0.25) is 14.9 Å². The van der Waals surface area contributed by atoms with Crippen molar-refractivity contribution in [2.75, 3.05) is 19.8 Å². The average molecular weight is 534 g/mol. The van der Waals surface area contributed by atoms with Crippen molar-refractivity contribution in [2.24, 2.45) is 5.10 Å². The van der Waals surface area contributed by atoms with Crippen molar-refractivity contribution in [1.82, 2.24) is 5.43 Å². The number of amides is 1. The van der Waals surface area contributed by atoms with Crippen molar-refractivity contribution in [3.05, 3.63) is 62.3 Å². The first-order valence-corrected chi connectivity index (χ1v) is 10.9. The van der Waals surface area contributed by atoms with Crippen LogP contribution in [-0.2, 0) is 9.53 Å². The predicted molar refractivity (Wildman–Crippen MR) is 125 cm³/mol. The molecule has 34 heavy (non-hydrogen) atoms. The lowest BCUT2D eigenvalue weighted by atomic mass is 10.2. The van der Waals surface area contributed by atoms with Gasteiger partial charge in [0.05, 0.1) is 24.4 Å². The highest BCUT2D eigenvalue weighted by Crippen LogP contribution is 2.33. The number of rotatable bonds is 10. The van der Waals surface area contributed by atoms with E-state index in [1.807, 2.05) is 0 Å². The van der Waals surface area contributed by atoms with Gasteiger partial charge in [0.1, 0.15) is 5.58 Å². The third kappa shape index (κ3) is 6.10. The molecule has 0 saturated heterocycles. The van der Waals surface area contributed by atoms with E-state index in [1.54, 1.807) is 26.0 Å². The van der Waals surface area contributed by atoms with Crippen molar-refractivity contribution >= 4 is 50.7 Å². The first-order valence-electron chi connectivity index (χ1n) is 10.1. The van der Waals surface area contributed by atoms with Crippen LogP contribution in [0, 0.1) is 10.1 Å². The topological polar surface area (TPSA) is 143 Å². The fraction of sp³-hybridized carbons (Fsp3) is 0.227. The normalized spacial score (nSPS) is 10.9. The molecular weight excluding hydrogens is 514 g/mol. The lowest BCUT2D eigenvalue weighted by molar-refractivity contribution is -0.384. The molecule has 0 aliphatic rings. The molecule has 2 aromatic carbocycles. The van der Waals surface area contributed by atoms with Crippen LogP contribution in [0.15, 0.2) is 50.4 Å². The number of hydrogen-bond acceptors (Lipinski definition) is 9. The van der Waals surface area contributed by atoms with E-state index in [4.69, 9.17) is 18.6 Å². The molecule has 1 aromatic heterocycles. The molecule has 1 amide bonds. The molecule has 0 atom stereocenters. The van der Waals surface area contributed by atoms with Gasteiger partial charge >= 0.3 is 11.9 Å². The number of furan rings is 1. The summed E-state index contributed by atoms with van der Waals surface area (Å²) >= 11 is 3.39. The zero-order valence-corrected chi connectivity index (χ0v) is 19.8. The van der Waals surface area contributed by atoms with Gasteiger partial charge in [-0.2, -0.15) is 5.10 Å². The Kier molecular flexibility index (Phi) is 8.19. The number of benzene rings is 2. The Morgan fingerprint density at radius 2 is 1.91 bits per heavy atom. The molecule has 0 aliphatic carbocycles. The van der Waals surface area contributed by atoms with Crippen molar-refractivity contribution < 1.29 is 33.1 Å². The van der Waals surface area contributed by atoms with Crippen LogP contribution < -0.4 is 14.9 Å². The lowest BCUT2D eigenvalue weighted by Gasteiger charge is -2.13. The maximum Gasteiger partial charge on any atom is 0.344 e. The van der Waals surface area contributed by atoms with Crippen LogP contribution in [0.2, 0.25) is 0 Å². The highest BCUT2D eigenvalue weighted by atomic mass is 79.9. The highest BCUT2D eigenvalue weighted by molar-refractivity contribution is 9.10. The van der Waals surface area contributed by atoms with Crippen LogP contribution in [0.3, 0.4) is 0 Å². The standard InChI is InChI=1S/C22H20BrN3O8/c1-3-31-18-9-14(16(23)10-19(18)33-12-21(27)32-4-2)11-24-25-22(28)20-8-13-7-15(26(29)30)5-6-17(13)34-20/h5-11H,3-4,12H2,1-2H3,(H,25,28)/b24-11+. The second-order valence-electron chi connectivity index (χ2n) is 6.64. The molecule has 0 fully saturated rings. The van der Waals surface area contributed by atoms with E-state index in [9.17, 15) is 19.7 Å². The van der Waals surface area contributed by atoms with Gasteiger partial charge in [0.25, 0.3) is 5.69 Å². The summed E-state index contributed by atoms with van der Waals surface area (Å²) in [5.41, 5.74) is 3.13. The van der Waals surface area contributed by atoms with Crippen molar-refractivity contribution in [1.29, 1.82) is 0 Å². The molecule has 178 valence electrons. The first-order chi connectivity index (χ1) is 16.3. The summed E-state index contributed by atoms with van der Waals surface area (Å²) in [5, 5.41) is 15.3. The van der Waals surface area contributed by atoms with Gasteiger partial charge in [-0.25, -0.2) is 10.2 Å². The summed E-state index contributed by atoms with van der Waals surface area (Å²) < 4.78 is 21.9.